The lowest BCUT2D eigenvalue weighted by atomic mass is 10.0. The number of rotatable bonds is 8. The van der Waals surface area contributed by atoms with E-state index in [9.17, 15) is 18.0 Å². The summed E-state index contributed by atoms with van der Waals surface area (Å²) in [6.45, 7) is 3.10. The van der Waals surface area contributed by atoms with Gasteiger partial charge in [0.1, 0.15) is 6.04 Å². The Bertz CT molecular complexity index is 638. The zero-order valence-electron chi connectivity index (χ0n) is 12.6. The van der Waals surface area contributed by atoms with Crippen LogP contribution in [0.4, 0.5) is 0 Å². The van der Waals surface area contributed by atoms with Gasteiger partial charge in [0.2, 0.25) is 5.91 Å². The van der Waals surface area contributed by atoms with Crippen LogP contribution in [0.15, 0.2) is 17.6 Å². The number of carbonyl (C=O) groups excluding carboxylic acids is 1. The van der Waals surface area contributed by atoms with Crippen molar-refractivity contribution < 1.29 is 23.1 Å². The van der Waals surface area contributed by atoms with Gasteiger partial charge in [0.15, 0.2) is 5.03 Å². The second kappa shape index (κ2) is 7.36. The van der Waals surface area contributed by atoms with Crippen LogP contribution in [0, 0.1) is 5.92 Å². The average Bonchev–Trinajstić information content (AvgIpc) is 2.82. The number of hydrogen-bond acceptors (Lipinski definition) is 5. The van der Waals surface area contributed by atoms with E-state index in [1.807, 2.05) is 13.8 Å². The first-order valence-corrected chi connectivity index (χ1v) is 8.10. The first-order valence-electron chi connectivity index (χ1n) is 6.61. The zero-order chi connectivity index (χ0) is 16.9. The van der Waals surface area contributed by atoms with Crippen LogP contribution in [-0.2, 0) is 26.7 Å². The largest absolute Gasteiger partial charge is 0.480 e. The maximum absolute atomic E-state index is 11.9. The molecule has 10 heteroatoms. The fraction of sp³-hybridized carbons (Fsp3) is 0.583. The molecule has 1 aromatic rings. The predicted octanol–water partition coefficient (Wildman–Crippen LogP) is -0.686. The van der Waals surface area contributed by atoms with E-state index in [-0.39, 0.29) is 17.4 Å². The summed E-state index contributed by atoms with van der Waals surface area (Å²) in [4.78, 5) is 26.4. The first-order chi connectivity index (χ1) is 10.1. The van der Waals surface area contributed by atoms with Crippen molar-refractivity contribution in [3.05, 3.63) is 12.5 Å². The van der Waals surface area contributed by atoms with Crippen molar-refractivity contribution in [3.8, 4) is 0 Å². The number of carboxylic acid groups (broad SMARTS) is 1. The van der Waals surface area contributed by atoms with Gasteiger partial charge in [-0.15, -0.1) is 0 Å². The smallest absolute Gasteiger partial charge is 0.326 e. The fourth-order valence-electron chi connectivity index (χ4n) is 1.70. The van der Waals surface area contributed by atoms with Gasteiger partial charge in [-0.05, 0) is 12.3 Å². The van der Waals surface area contributed by atoms with Crippen LogP contribution in [0.25, 0.3) is 0 Å². The molecule has 0 aliphatic carbocycles. The van der Waals surface area contributed by atoms with E-state index in [2.05, 4.69) is 15.0 Å². The number of aryl methyl sites for hydroxylation is 1. The Morgan fingerprint density at radius 3 is 2.50 bits per heavy atom. The van der Waals surface area contributed by atoms with Gasteiger partial charge in [-0.25, -0.2) is 22.9 Å². The Hall–Kier alpha value is -1.94. The van der Waals surface area contributed by atoms with Gasteiger partial charge in [0.05, 0.1) is 12.9 Å². The topological polar surface area (TPSA) is 130 Å². The quantitative estimate of drug-likeness (QED) is 0.578. The van der Waals surface area contributed by atoms with Crippen LogP contribution in [0.1, 0.15) is 20.3 Å². The highest BCUT2D eigenvalue weighted by atomic mass is 32.2. The molecular weight excluding hydrogens is 312 g/mol. The highest BCUT2D eigenvalue weighted by molar-refractivity contribution is 7.89. The summed E-state index contributed by atoms with van der Waals surface area (Å²) in [5, 5.41) is 11.1. The number of carboxylic acids is 1. The fourth-order valence-corrected chi connectivity index (χ4v) is 2.66. The number of amides is 1. The molecule has 0 saturated carbocycles. The predicted molar refractivity (Wildman–Crippen MR) is 77.4 cm³/mol. The van der Waals surface area contributed by atoms with Crippen molar-refractivity contribution >= 4 is 21.9 Å². The van der Waals surface area contributed by atoms with Crippen molar-refractivity contribution in [2.24, 2.45) is 13.0 Å². The molecule has 1 rings (SSSR count). The Labute approximate surface area is 128 Å². The summed E-state index contributed by atoms with van der Waals surface area (Å²) >= 11 is 0. The number of aromatic nitrogens is 2. The van der Waals surface area contributed by atoms with Crippen LogP contribution >= 0.6 is 0 Å². The van der Waals surface area contributed by atoms with Gasteiger partial charge in [0.25, 0.3) is 10.0 Å². The lowest BCUT2D eigenvalue weighted by molar-refractivity contribution is -0.142. The molecule has 0 spiro atoms. The number of nitrogens with one attached hydrogen (secondary N) is 2. The van der Waals surface area contributed by atoms with Crippen LogP contribution in [0.2, 0.25) is 0 Å². The minimum Gasteiger partial charge on any atom is -0.480 e. The Kier molecular flexibility index (Phi) is 6.06. The highest BCUT2D eigenvalue weighted by Gasteiger charge is 2.23. The van der Waals surface area contributed by atoms with Gasteiger partial charge in [-0.2, -0.15) is 0 Å². The van der Waals surface area contributed by atoms with Crippen LogP contribution in [0.5, 0.6) is 0 Å². The van der Waals surface area contributed by atoms with Crippen molar-refractivity contribution in [2.75, 3.05) is 6.54 Å². The molecule has 0 aliphatic rings. The van der Waals surface area contributed by atoms with E-state index < -0.39 is 34.5 Å². The molecule has 124 valence electrons. The lowest BCUT2D eigenvalue weighted by Gasteiger charge is -2.16. The van der Waals surface area contributed by atoms with E-state index in [0.717, 1.165) is 0 Å². The molecule has 3 N–H and O–H groups in total. The van der Waals surface area contributed by atoms with Crippen LogP contribution < -0.4 is 10.0 Å². The SMILES string of the molecule is CC(C)CC(NC(=O)CNS(=O)(=O)c1cn(C)cn1)C(=O)O. The van der Waals surface area contributed by atoms with E-state index in [0.29, 0.717) is 0 Å². The second-order valence-electron chi connectivity index (χ2n) is 5.29. The molecule has 0 aliphatic heterocycles. The minimum atomic E-state index is -3.90. The Morgan fingerprint density at radius 2 is 2.05 bits per heavy atom. The summed E-state index contributed by atoms with van der Waals surface area (Å²) in [6.07, 6.45) is 2.87. The summed E-state index contributed by atoms with van der Waals surface area (Å²) in [5.41, 5.74) is 0. The monoisotopic (exact) mass is 332 g/mol. The van der Waals surface area contributed by atoms with Gasteiger partial charge in [-0.3, -0.25) is 4.79 Å². The molecule has 0 aromatic carbocycles. The number of aliphatic carboxylic acids is 1. The van der Waals surface area contributed by atoms with Gasteiger partial charge in [0, 0.05) is 13.2 Å². The Morgan fingerprint density at radius 1 is 1.41 bits per heavy atom. The van der Waals surface area contributed by atoms with Gasteiger partial charge < -0.3 is 15.0 Å². The third-order valence-corrected chi connectivity index (χ3v) is 4.01. The summed E-state index contributed by atoms with van der Waals surface area (Å²) in [5.74, 6) is -1.80. The molecule has 0 bridgehead atoms. The first kappa shape index (κ1) is 18.1. The third kappa shape index (κ3) is 5.45. The molecule has 1 unspecified atom stereocenters. The Balaban J connectivity index is 2.60. The average molecular weight is 332 g/mol. The van der Waals surface area contributed by atoms with E-state index in [1.54, 1.807) is 7.05 Å². The second-order valence-corrected chi connectivity index (χ2v) is 7.00. The number of imidazole rings is 1. The van der Waals surface area contributed by atoms with Crippen molar-refractivity contribution in [1.29, 1.82) is 0 Å². The van der Waals surface area contributed by atoms with E-state index in [4.69, 9.17) is 5.11 Å². The molecule has 0 radical (unpaired) electrons. The zero-order valence-corrected chi connectivity index (χ0v) is 13.4. The van der Waals surface area contributed by atoms with Crippen LogP contribution in [-0.4, -0.2) is 47.5 Å². The number of hydrogen-bond donors (Lipinski definition) is 3. The molecular formula is C12H20N4O5S. The van der Waals surface area contributed by atoms with Crippen molar-refractivity contribution in [3.63, 3.8) is 0 Å². The van der Waals surface area contributed by atoms with E-state index >= 15 is 0 Å². The van der Waals surface area contributed by atoms with E-state index in [1.165, 1.54) is 17.1 Å². The number of sulfonamides is 1. The normalized spacial score (nSPS) is 13.1. The summed E-state index contributed by atoms with van der Waals surface area (Å²) in [6, 6.07) is -1.05. The third-order valence-electron chi connectivity index (χ3n) is 2.72. The van der Waals surface area contributed by atoms with Crippen LogP contribution in [0.3, 0.4) is 0 Å². The minimum absolute atomic E-state index is 0.0756. The maximum Gasteiger partial charge on any atom is 0.326 e. The lowest BCUT2D eigenvalue weighted by Crippen LogP contribution is -2.46. The highest BCUT2D eigenvalue weighted by Crippen LogP contribution is 2.05. The molecule has 1 heterocycles. The standard InChI is InChI=1S/C12H20N4O5S/c1-8(2)4-9(12(18)19)15-10(17)5-14-22(20,21)11-6-16(3)7-13-11/h6-9,14H,4-5H2,1-3H3,(H,15,17)(H,18,19). The van der Waals surface area contributed by atoms with Gasteiger partial charge >= 0.3 is 5.97 Å². The summed E-state index contributed by atoms with van der Waals surface area (Å²) in [7, 11) is -2.29. The number of carbonyl (C=O) groups is 2. The van der Waals surface area contributed by atoms with Crippen molar-refractivity contribution in [1.82, 2.24) is 19.6 Å². The molecule has 1 aromatic heterocycles. The molecule has 22 heavy (non-hydrogen) atoms. The maximum atomic E-state index is 11.9. The molecule has 1 amide bonds. The number of nitrogens with zero attached hydrogens (tertiary/aromatic N) is 2. The molecule has 0 fully saturated rings. The van der Waals surface area contributed by atoms with Gasteiger partial charge in [-0.1, -0.05) is 13.8 Å². The molecule has 0 saturated heterocycles. The molecule has 1 atom stereocenters. The van der Waals surface area contributed by atoms with Crippen molar-refractivity contribution in [2.45, 2.75) is 31.3 Å². The summed E-state index contributed by atoms with van der Waals surface area (Å²) < 4.78 is 27.3. The molecule has 9 nitrogen and oxygen atoms in total.